The fourth-order valence-electron chi connectivity index (χ4n) is 2.40. The van der Waals surface area contributed by atoms with Gasteiger partial charge in [0.2, 0.25) is 5.90 Å². The number of aromatic nitrogens is 1. The van der Waals surface area contributed by atoms with Gasteiger partial charge in [-0.05, 0) is 35.9 Å². The number of hydrogen-bond donors (Lipinski definition) is 0. The lowest BCUT2D eigenvalue weighted by molar-refractivity contribution is -0.129. The normalized spacial score (nSPS) is 15.0. The maximum absolute atomic E-state index is 12.0. The number of nitrogens with zero attached hydrogens (tertiary/aromatic N) is 2. The third-order valence-corrected chi connectivity index (χ3v) is 4.33. The Kier molecular flexibility index (Phi) is 4.57. The van der Waals surface area contributed by atoms with E-state index < -0.39 is 5.97 Å². The number of carbonyl (C=O) groups is 1. The van der Waals surface area contributed by atoms with Gasteiger partial charge in [-0.15, -0.1) is 11.3 Å². The monoisotopic (exact) mass is 362 g/mol. The van der Waals surface area contributed by atoms with Crippen LogP contribution in [-0.2, 0) is 16.1 Å². The molecular weight excluding hydrogens is 348 g/mol. The molecule has 0 aliphatic carbocycles. The number of benzene rings is 2. The van der Waals surface area contributed by atoms with Crippen molar-refractivity contribution in [2.75, 3.05) is 0 Å². The van der Waals surface area contributed by atoms with Crippen molar-refractivity contribution < 1.29 is 14.3 Å². The van der Waals surface area contributed by atoms with Gasteiger partial charge in [-0.25, -0.2) is 14.8 Å². The van der Waals surface area contributed by atoms with Crippen LogP contribution in [0.5, 0.6) is 5.75 Å². The molecule has 5 nitrogen and oxygen atoms in total. The molecule has 3 aromatic rings. The summed E-state index contributed by atoms with van der Waals surface area (Å²) in [5, 5.41) is 1.95. The Morgan fingerprint density at radius 2 is 1.88 bits per heavy atom. The summed E-state index contributed by atoms with van der Waals surface area (Å²) >= 11 is 1.54. The predicted molar refractivity (Wildman–Crippen MR) is 99.9 cm³/mol. The van der Waals surface area contributed by atoms with Crippen LogP contribution in [0.2, 0.25) is 0 Å². The van der Waals surface area contributed by atoms with E-state index in [1.165, 1.54) is 11.3 Å². The SMILES string of the molecule is O=C1OC(c2ccccc2)=N/C1=C/c1ccc(OCc2cscn2)cc1. The van der Waals surface area contributed by atoms with Crippen molar-refractivity contribution in [1.82, 2.24) is 4.98 Å². The first kappa shape index (κ1) is 16.2. The number of hydrogen-bond acceptors (Lipinski definition) is 6. The van der Waals surface area contributed by atoms with Crippen LogP contribution >= 0.6 is 11.3 Å². The van der Waals surface area contributed by atoms with Gasteiger partial charge in [-0.2, -0.15) is 0 Å². The van der Waals surface area contributed by atoms with E-state index in [0.29, 0.717) is 12.5 Å². The highest BCUT2D eigenvalue weighted by Crippen LogP contribution is 2.21. The van der Waals surface area contributed by atoms with Gasteiger partial charge >= 0.3 is 5.97 Å². The lowest BCUT2D eigenvalue weighted by Gasteiger charge is -2.04. The maximum atomic E-state index is 12.0. The van der Waals surface area contributed by atoms with Gasteiger partial charge in [0, 0.05) is 10.9 Å². The lowest BCUT2D eigenvalue weighted by atomic mass is 10.2. The molecule has 128 valence electrons. The number of cyclic esters (lactones) is 1. The summed E-state index contributed by atoms with van der Waals surface area (Å²) in [5.74, 6) is 0.611. The minimum atomic E-state index is -0.451. The number of esters is 1. The fraction of sp³-hybridized carbons (Fsp3) is 0.0500. The highest BCUT2D eigenvalue weighted by molar-refractivity contribution is 7.07. The Hall–Kier alpha value is -3.25. The molecule has 2 heterocycles. The standard InChI is InChI=1S/C20H14N2O3S/c23-20-18(22-19(25-20)15-4-2-1-3-5-15)10-14-6-8-17(9-7-14)24-11-16-12-26-13-21-16/h1-10,12-13H,11H2/b18-10+. The minimum absolute atomic E-state index is 0.278. The van der Waals surface area contributed by atoms with Gasteiger partial charge in [0.05, 0.1) is 11.2 Å². The molecule has 4 rings (SSSR count). The van der Waals surface area contributed by atoms with Crippen molar-refractivity contribution in [3.8, 4) is 5.75 Å². The van der Waals surface area contributed by atoms with E-state index in [9.17, 15) is 4.79 Å². The molecule has 0 amide bonds. The zero-order valence-corrected chi connectivity index (χ0v) is 14.5. The molecule has 6 heteroatoms. The van der Waals surface area contributed by atoms with Crippen LogP contribution in [0.3, 0.4) is 0 Å². The molecule has 1 aliphatic rings. The second-order valence-electron chi connectivity index (χ2n) is 5.54. The largest absolute Gasteiger partial charge is 0.487 e. The van der Waals surface area contributed by atoms with E-state index in [-0.39, 0.29) is 5.70 Å². The molecule has 1 aromatic heterocycles. The van der Waals surface area contributed by atoms with E-state index in [1.807, 2.05) is 60.0 Å². The minimum Gasteiger partial charge on any atom is -0.487 e. The first-order valence-corrected chi connectivity index (χ1v) is 8.90. The van der Waals surface area contributed by atoms with Crippen molar-refractivity contribution in [3.63, 3.8) is 0 Å². The summed E-state index contributed by atoms with van der Waals surface area (Å²) in [4.78, 5) is 20.5. The van der Waals surface area contributed by atoms with Crippen molar-refractivity contribution >= 4 is 29.3 Å². The first-order valence-electron chi connectivity index (χ1n) is 7.96. The molecule has 0 fully saturated rings. The van der Waals surface area contributed by atoms with Crippen LogP contribution in [0.4, 0.5) is 0 Å². The zero-order valence-electron chi connectivity index (χ0n) is 13.7. The van der Waals surface area contributed by atoms with Gasteiger partial charge in [0.15, 0.2) is 5.70 Å². The van der Waals surface area contributed by atoms with Gasteiger partial charge in [0.25, 0.3) is 0 Å². The molecule has 0 unspecified atom stereocenters. The average Bonchev–Trinajstić information content (AvgIpc) is 3.32. The van der Waals surface area contributed by atoms with E-state index in [0.717, 1.165) is 22.6 Å². The van der Waals surface area contributed by atoms with Gasteiger partial charge in [0.1, 0.15) is 12.4 Å². The Morgan fingerprint density at radius 1 is 1.08 bits per heavy atom. The number of ether oxygens (including phenoxy) is 2. The summed E-state index contributed by atoms with van der Waals surface area (Å²) < 4.78 is 10.9. The number of rotatable bonds is 5. The van der Waals surface area contributed by atoms with E-state index >= 15 is 0 Å². The Bertz CT molecular complexity index is 962. The van der Waals surface area contributed by atoms with Crippen LogP contribution in [0, 0.1) is 0 Å². The van der Waals surface area contributed by atoms with Crippen molar-refractivity contribution in [2.45, 2.75) is 6.61 Å². The Labute approximate surface area is 154 Å². The number of aliphatic imine (C=N–C) groups is 1. The molecule has 26 heavy (non-hydrogen) atoms. The first-order chi connectivity index (χ1) is 12.8. The molecule has 0 spiro atoms. The summed E-state index contributed by atoms with van der Waals surface area (Å²) in [7, 11) is 0. The van der Waals surface area contributed by atoms with E-state index in [2.05, 4.69) is 9.98 Å². The molecule has 0 radical (unpaired) electrons. The molecule has 0 bridgehead atoms. The van der Waals surface area contributed by atoms with Gasteiger partial charge in [-0.1, -0.05) is 30.3 Å². The third-order valence-electron chi connectivity index (χ3n) is 3.69. The second-order valence-corrected chi connectivity index (χ2v) is 6.26. The number of thiazole rings is 1. The van der Waals surface area contributed by atoms with Crippen LogP contribution < -0.4 is 4.74 Å². The lowest BCUT2D eigenvalue weighted by Crippen LogP contribution is -2.04. The summed E-state index contributed by atoms with van der Waals surface area (Å²) in [6, 6.07) is 16.8. The van der Waals surface area contributed by atoms with Gasteiger partial charge in [-0.3, -0.25) is 0 Å². The molecule has 0 saturated carbocycles. The maximum Gasteiger partial charge on any atom is 0.363 e. The van der Waals surface area contributed by atoms with E-state index in [1.54, 1.807) is 11.6 Å². The quantitative estimate of drug-likeness (QED) is 0.507. The fourth-order valence-corrected chi connectivity index (χ4v) is 2.94. The topological polar surface area (TPSA) is 60.8 Å². The zero-order chi connectivity index (χ0) is 17.8. The highest BCUT2D eigenvalue weighted by atomic mass is 32.1. The smallest absolute Gasteiger partial charge is 0.363 e. The highest BCUT2D eigenvalue weighted by Gasteiger charge is 2.23. The molecular formula is C20H14N2O3S. The van der Waals surface area contributed by atoms with Crippen LogP contribution in [-0.4, -0.2) is 16.9 Å². The van der Waals surface area contributed by atoms with Crippen LogP contribution in [0.25, 0.3) is 6.08 Å². The van der Waals surface area contributed by atoms with Crippen LogP contribution in [0.1, 0.15) is 16.8 Å². The molecule has 1 aliphatic heterocycles. The molecule has 0 saturated heterocycles. The van der Waals surface area contributed by atoms with Crippen molar-refractivity contribution in [1.29, 1.82) is 0 Å². The predicted octanol–water partition coefficient (Wildman–Crippen LogP) is 4.07. The average molecular weight is 362 g/mol. The van der Waals surface area contributed by atoms with E-state index in [4.69, 9.17) is 9.47 Å². The third kappa shape index (κ3) is 3.70. The molecule has 0 atom stereocenters. The summed E-state index contributed by atoms with van der Waals surface area (Å²) in [6.45, 7) is 0.432. The molecule has 0 N–H and O–H groups in total. The number of carbonyl (C=O) groups excluding carboxylic acids is 1. The van der Waals surface area contributed by atoms with Crippen LogP contribution in [0.15, 0.2) is 76.2 Å². The van der Waals surface area contributed by atoms with Crippen molar-refractivity contribution in [2.24, 2.45) is 4.99 Å². The summed E-state index contributed by atoms with van der Waals surface area (Å²) in [6.07, 6.45) is 1.70. The second kappa shape index (κ2) is 7.33. The van der Waals surface area contributed by atoms with Gasteiger partial charge < -0.3 is 9.47 Å². The Morgan fingerprint density at radius 3 is 2.62 bits per heavy atom. The summed E-state index contributed by atoms with van der Waals surface area (Å²) in [5.41, 5.74) is 4.57. The van der Waals surface area contributed by atoms with Crippen molar-refractivity contribution in [3.05, 3.63) is 88.0 Å². The Balaban J connectivity index is 1.47. The molecule has 2 aromatic carbocycles.